The van der Waals surface area contributed by atoms with E-state index < -0.39 is 0 Å². The highest BCUT2D eigenvalue weighted by molar-refractivity contribution is 4.93. The molecule has 1 atom stereocenters. The first-order valence-electron chi connectivity index (χ1n) is 3.77. The molecular formula is C7H13NO2. The number of rotatable bonds is 0. The van der Waals surface area contributed by atoms with E-state index in [-0.39, 0.29) is 5.60 Å². The van der Waals surface area contributed by atoms with Crippen LogP contribution in [0.4, 0.5) is 0 Å². The standard InChI is InChI=1S/C7H13NO2/c1-6-2-8-3-7(10-6)4-9-5-7/h6,8H,2-5H2,1H3. The summed E-state index contributed by atoms with van der Waals surface area (Å²) in [4.78, 5) is 0. The van der Waals surface area contributed by atoms with Gasteiger partial charge >= 0.3 is 0 Å². The minimum Gasteiger partial charge on any atom is -0.375 e. The second-order valence-electron chi connectivity index (χ2n) is 3.24. The average molecular weight is 143 g/mol. The maximum absolute atomic E-state index is 5.72. The quantitative estimate of drug-likeness (QED) is 0.508. The van der Waals surface area contributed by atoms with Crippen molar-refractivity contribution in [1.29, 1.82) is 0 Å². The third-order valence-corrected chi connectivity index (χ3v) is 2.06. The molecule has 2 rings (SSSR count). The van der Waals surface area contributed by atoms with Crippen molar-refractivity contribution in [2.45, 2.75) is 18.6 Å². The second-order valence-corrected chi connectivity index (χ2v) is 3.24. The molecule has 2 heterocycles. The van der Waals surface area contributed by atoms with Crippen molar-refractivity contribution >= 4 is 0 Å². The summed E-state index contributed by atoms with van der Waals surface area (Å²) in [5.41, 5.74) is 0.0394. The molecule has 0 bridgehead atoms. The van der Waals surface area contributed by atoms with Crippen LogP contribution in [0.1, 0.15) is 6.92 Å². The largest absolute Gasteiger partial charge is 0.375 e. The molecule has 3 heteroatoms. The van der Waals surface area contributed by atoms with Crippen molar-refractivity contribution in [3.8, 4) is 0 Å². The monoisotopic (exact) mass is 143 g/mol. The molecule has 0 aromatic heterocycles. The van der Waals surface area contributed by atoms with E-state index >= 15 is 0 Å². The highest BCUT2D eigenvalue weighted by Crippen LogP contribution is 2.24. The lowest BCUT2D eigenvalue weighted by atomic mass is 10.00. The van der Waals surface area contributed by atoms with Gasteiger partial charge in [-0.1, -0.05) is 0 Å². The fraction of sp³-hybridized carbons (Fsp3) is 1.00. The Morgan fingerprint density at radius 2 is 2.30 bits per heavy atom. The molecule has 2 fully saturated rings. The molecule has 1 spiro atoms. The zero-order valence-corrected chi connectivity index (χ0v) is 6.22. The van der Waals surface area contributed by atoms with Gasteiger partial charge in [-0.05, 0) is 6.92 Å². The smallest absolute Gasteiger partial charge is 0.127 e. The molecule has 3 nitrogen and oxygen atoms in total. The predicted molar refractivity (Wildman–Crippen MR) is 37.0 cm³/mol. The summed E-state index contributed by atoms with van der Waals surface area (Å²) in [6, 6.07) is 0. The molecule has 0 saturated carbocycles. The fourth-order valence-electron chi connectivity index (χ4n) is 1.51. The van der Waals surface area contributed by atoms with E-state index in [0.717, 1.165) is 26.3 Å². The van der Waals surface area contributed by atoms with Crippen LogP contribution in [-0.4, -0.2) is 38.0 Å². The van der Waals surface area contributed by atoms with E-state index in [0.29, 0.717) is 6.10 Å². The number of ether oxygens (including phenoxy) is 2. The highest BCUT2D eigenvalue weighted by atomic mass is 16.6. The highest BCUT2D eigenvalue weighted by Gasteiger charge is 2.42. The van der Waals surface area contributed by atoms with E-state index in [9.17, 15) is 0 Å². The van der Waals surface area contributed by atoms with Gasteiger partial charge in [0.1, 0.15) is 5.60 Å². The summed E-state index contributed by atoms with van der Waals surface area (Å²) in [7, 11) is 0. The van der Waals surface area contributed by atoms with Gasteiger partial charge in [0, 0.05) is 13.1 Å². The summed E-state index contributed by atoms with van der Waals surface area (Å²) in [6.07, 6.45) is 0.345. The van der Waals surface area contributed by atoms with Crippen LogP contribution in [0.3, 0.4) is 0 Å². The van der Waals surface area contributed by atoms with Gasteiger partial charge in [0.2, 0.25) is 0 Å². The Labute approximate surface area is 60.7 Å². The average Bonchev–Trinajstić information content (AvgIpc) is 1.85. The summed E-state index contributed by atoms with van der Waals surface area (Å²) >= 11 is 0. The lowest BCUT2D eigenvalue weighted by Gasteiger charge is -2.46. The molecule has 0 radical (unpaired) electrons. The molecule has 2 aliphatic heterocycles. The van der Waals surface area contributed by atoms with Crippen LogP contribution in [0.15, 0.2) is 0 Å². The normalized spacial score (nSPS) is 37.5. The number of hydrogen-bond donors (Lipinski definition) is 1. The van der Waals surface area contributed by atoms with Crippen LogP contribution < -0.4 is 5.32 Å². The first-order valence-corrected chi connectivity index (χ1v) is 3.77. The molecule has 0 aromatic carbocycles. The Balaban J connectivity index is 1.96. The van der Waals surface area contributed by atoms with Crippen molar-refractivity contribution in [1.82, 2.24) is 5.32 Å². The van der Waals surface area contributed by atoms with Crippen LogP contribution in [-0.2, 0) is 9.47 Å². The molecule has 0 aromatic rings. The number of nitrogens with one attached hydrogen (secondary N) is 1. The van der Waals surface area contributed by atoms with E-state index in [1.807, 2.05) is 0 Å². The molecule has 10 heavy (non-hydrogen) atoms. The van der Waals surface area contributed by atoms with Crippen LogP contribution in [0.5, 0.6) is 0 Å². The molecule has 0 amide bonds. The zero-order chi connectivity index (χ0) is 7.03. The maximum atomic E-state index is 5.72. The maximum Gasteiger partial charge on any atom is 0.127 e. The van der Waals surface area contributed by atoms with Crippen LogP contribution in [0.25, 0.3) is 0 Å². The van der Waals surface area contributed by atoms with E-state index in [2.05, 4.69) is 12.2 Å². The third kappa shape index (κ3) is 0.944. The minimum absolute atomic E-state index is 0.0394. The first kappa shape index (κ1) is 6.58. The van der Waals surface area contributed by atoms with Crippen molar-refractivity contribution in [3.63, 3.8) is 0 Å². The van der Waals surface area contributed by atoms with Gasteiger partial charge in [0.15, 0.2) is 0 Å². The number of morpholine rings is 1. The second kappa shape index (κ2) is 2.19. The molecular weight excluding hydrogens is 130 g/mol. The predicted octanol–water partition coefficient (Wildman–Crippen LogP) is -0.236. The lowest BCUT2D eigenvalue weighted by Crippen LogP contribution is -2.63. The molecule has 0 aliphatic carbocycles. The summed E-state index contributed by atoms with van der Waals surface area (Å²) in [6.45, 7) is 5.56. The van der Waals surface area contributed by atoms with Crippen molar-refractivity contribution < 1.29 is 9.47 Å². The molecule has 1 unspecified atom stereocenters. The Morgan fingerprint density at radius 3 is 2.70 bits per heavy atom. The molecule has 2 aliphatic rings. The van der Waals surface area contributed by atoms with Crippen molar-refractivity contribution in [3.05, 3.63) is 0 Å². The van der Waals surface area contributed by atoms with Crippen molar-refractivity contribution in [2.75, 3.05) is 26.3 Å². The van der Waals surface area contributed by atoms with Gasteiger partial charge in [-0.2, -0.15) is 0 Å². The topological polar surface area (TPSA) is 30.5 Å². The number of hydrogen-bond acceptors (Lipinski definition) is 3. The van der Waals surface area contributed by atoms with Crippen LogP contribution in [0.2, 0.25) is 0 Å². The molecule has 58 valence electrons. The van der Waals surface area contributed by atoms with E-state index in [4.69, 9.17) is 9.47 Å². The van der Waals surface area contributed by atoms with Crippen molar-refractivity contribution in [2.24, 2.45) is 0 Å². The Hall–Kier alpha value is -0.120. The van der Waals surface area contributed by atoms with Gasteiger partial charge in [0.05, 0.1) is 19.3 Å². The first-order chi connectivity index (χ1) is 4.81. The lowest BCUT2D eigenvalue weighted by molar-refractivity contribution is -0.237. The molecule has 2 saturated heterocycles. The Morgan fingerprint density at radius 1 is 1.50 bits per heavy atom. The van der Waals surface area contributed by atoms with E-state index in [1.54, 1.807) is 0 Å². The Kier molecular flexibility index (Phi) is 1.44. The SMILES string of the molecule is CC1CNCC2(COC2)O1. The summed E-state index contributed by atoms with van der Waals surface area (Å²) in [5.74, 6) is 0. The van der Waals surface area contributed by atoms with E-state index in [1.165, 1.54) is 0 Å². The summed E-state index contributed by atoms with van der Waals surface area (Å²) < 4.78 is 10.8. The fourth-order valence-corrected chi connectivity index (χ4v) is 1.51. The van der Waals surface area contributed by atoms with Gasteiger partial charge in [0.25, 0.3) is 0 Å². The third-order valence-electron chi connectivity index (χ3n) is 2.06. The van der Waals surface area contributed by atoms with Gasteiger partial charge in [-0.3, -0.25) is 0 Å². The van der Waals surface area contributed by atoms with Gasteiger partial charge < -0.3 is 14.8 Å². The Bertz CT molecular complexity index is 134. The van der Waals surface area contributed by atoms with Crippen LogP contribution >= 0.6 is 0 Å². The zero-order valence-electron chi connectivity index (χ0n) is 6.22. The minimum atomic E-state index is 0.0394. The van der Waals surface area contributed by atoms with Crippen LogP contribution in [0, 0.1) is 0 Å². The van der Waals surface area contributed by atoms with Gasteiger partial charge in [-0.15, -0.1) is 0 Å². The summed E-state index contributed by atoms with van der Waals surface area (Å²) in [5, 5.41) is 3.32. The van der Waals surface area contributed by atoms with Gasteiger partial charge in [-0.25, -0.2) is 0 Å². The molecule has 1 N–H and O–H groups in total.